The lowest BCUT2D eigenvalue weighted by molar-refractivity contribution is 0.140. The first-order valence-electron chi connectivity index (χ1n) is 9.01. The minimum Gasteiger partial charge on any atom is -0.309 e. The van der Waals surface area contributed by atoms with Crippen LogP contribution in [0, 0.1) is 0 Å². The average molecular weight is 346 g/mol. The van der Waals surface area contributed by atoms with Gasteiger partial charge in [0.05, 0.1) is 0 Å². The molecule has 26 heavy (non-hydrogen) atoms. The highest BCUT2D eigenvalue weighted by molar-refractivity contribution is 5.47. The van der Waals surface area contributed by atoms with Crippen molar-refractivity contribution in [1.29, 1.82) is 0 Å². The Morgan fingerprint density at radius 2 is 1.81 bits per heavy atom. The van der Waals surface area contributed by atoms with Crippen LogP contribution in [0.2, 0.25) is 0 Å². The van der Waals surface area contributed by atoms with Crippen LogP contribution in [0.15, 0.2) is 61.3 Å². The van der Waals surface area contributed by atoms with Crippen molar-refractivity contribution >= 4 is 11.8 Å². The van der Waals surface area contributed by atoms with E-state index in [1.165, 1.54) is 30.4 Å². The van der Waals surface area contributed by atoms with Crippen LogP contribution in [0.1, 0.15) is 36.4 Å². The van der Waals surface area contributed by atoms with Crippen molar-refractivity contribution in [3.05, 3.63) is 72.4 Å². The largest absolute Gasteiger partial charge is 0.309 e. The Hall–Kier alpha value is -2.86. The molecular formula is C20H22N6. The van der Waals surface area contributed by atoms with Gasteiger partial charge in [0.15, 0.2) is 0 Å². The van der Waals surface area contributed by atoms with E-state index in [0.717, 1.165) is 18.9 Å². The Kier molecular flexibility index (Phi) is 5.12. The summed E-state index contributed by atoms with van der Waals surface area (Å²) in [6.45, 7) is 2.07. The van der Waals surface area contributed by atoms with Gasteiger partial charge in [0.25, 0.3) is 0 Å². The molecular weight excluding hydrogens is 324 g/mol. The fraction of sp³-hybridized carbons (Fsp3) is 0.300. The maximum atomic E-state index is 4.56. The van der Waals surface area contributed by atoms with Gasteiger partial charge in [-0.25, -0.2) is 15.0 Å². The van der Waals surface area contributed by atoms with E-state index >= 15 is 0 Å². The zero-order chi connectivity index (χ0) is 17.6. The summed E-state index contributed by atoms with van der Waals surface area (Å²) in [5.74, 6) is 1.32. The van der Waals surface area contributed by atoms with Crippen LogP contribution >= 0.6 is 0 Å². The zero-order valence-corrected chi connectivity index (χ0v) is 14.6. The highest BCUT2D eigenvalue weighted by Crippen LogP contribution is 2.32. The first-order chi connectivity index (χ1) is 12.9. The second-order valence-corrected chi connectivity index (χ2v) is 6.51. The third-order valence-electron chi connectivity index (χ3n) is 4.73. The predicted molar refractivity (Wildman–Crippen MR) is 101 cm³/mol. The van der Waals surface area contributed by atoms with E-state index in [4.69, 9.17) is 0 Å². The van der Waals surface area contributed by atoms with Gasteiger partial charge in [0.2, 0.25) is 5.95 Å². The fourth-order valence-corrected chi connectivity index (χ4v) is 3.43. The number of nitrogens with zero attached hydrogens (tertiary/aromatic N) is 5. The fourth-order valence-electron chi connectivity index (χ4n) is 3.43. The monoisotopic (exact) mass is 346 g/mol. The molecule has 1 atom stereocenters. The molecule has 6 heteroatoms. The topological polar surface area (TPSA) is 66.8 Å². The Balaban J connectivity index is 1.47. The number of rotatable bonds is 5. The molecule has 1 saturated heterocycles. The number of piperidine rings is 1. The molecule has 1 aliphatic heterocycles. The van der Waals surface area contributed by atoms with Crippen molar-refractivity contribution in [3.63, 3.8) is 0 Å². The maximum absolute atomic E-state index is 4.56. The average Bonchev–Trinajstić information content (AvgIpc) is 2.71. The van der Waals surface area contributed by atoms with Gasteiger partial charge >= 0.3 is 0 Å². The maximum Gasteiger partial charge on any atom is 0.228 e. The summed E-state index contributed by atoms with van der Waals surface area (Å²) < 4.78 is 0. The Bertz CT molecular complexity index is 807. The summed E-state index contributed by atoms with van der Waals surface area (Å²) in [5, 5.41) is 3.13. The lowest BCUT2D eigenvalue weighted by atomic mass is 9.96. The smallest absolute Gasteiger partial charge is 0.228 e. The molecule has 0 saturated carbocycles. The van der Waals surface area contributed by atoms with Crippen molar-refractivity contribution in [3.8, 4) is 0 Å². The molecule has 0 amide bonds. The first kappa shape index (κ1) is 16.6. The van der Waals surface area contributed by atoms with Gasteiger partial charge in [-0.3, -0.25) is 9.88 Å². The molecule has 4 rings (SSSR count). The molecule has 3 aromatic heterocycles. The van der Waals surface area contributed by atoms with Crippen LogP contribution in [-0.4, -0.2) is 31.4 Å². The van der Waals surface area contributed by atoms with Crippen LogP contribution in [-0.2, 0) is 6.54 Å². The normalized spacial score (nSPS) is 17.8. The van der Waals surface area contributed by atoms with Gasteiger partial charge < -0.3 is 5.32 Å². The molecule has 1 N–H and O–H groups in total. The molecule has 1 aliphatic rings. The summed E-state index contributed by atoms with van der Waals surface area (Å²) in [6.07, 6.45) is 12.8. The summed E-state index contributed by atoms with van der Waals surface area (Å²) >= 11 is 0. The molecule has 0 unspecified atom stereocenters. The van der Waals surface area contributed by atoms with E-state index in [0.29, 0.717) is 12.0 Å². The molecule has 3 aromatic rings. The van der Waals surface area contributed by atoms with Crippen molar-refractivity contribution in [1.82, 2.24) is 24.8 Å². The lowest BCUT2D eigenvalue weighted by Gasteiger charge is -2.36. The summed E-state index contributed by atoms with van der Waals surface area (Å²) in [4.78, 5) is 19.6. The van der Waals surface area contributed by atoms with Gasteiger partial charge in [-0.05, 0) is 54.8 Å². The van der Waals surface area contributed by atoms with E-state index in [1.807, 2.05) is 24.7 Å². The molecule has 0 radical (unpaired) electrons. The van der Waals surface area contributed by atoms with E-state index < -0.39 is 0 Å². The molecule has 1 fully saturated rings. The second-order valence-electron chi connectivity index (χ2n) is 6.51. The van der Waals surface area contributed by atoms with Crippen LogP contribution in [0.5, 0.6) is 0 Å². The van der Waals surface area contributed by atoms with Crippen molar-refractivity contribution < 1.29 is 0 Å². The number of anilines is 2. The van der Waals surface area contributed by atoms with Crippen molar-refractivity contribution in [2.75, 3.05) is 11.9 Å². The minimum atomic E-state index is 0.409. The Morgan fingerprint density at radius 3 is 2.58 bits per heavy atom. The van der Waals surface area contributed by atoms with Gasteiger partial charge in [-0.2, -0.15) is 0 Å². The molecule has 0 spiro atoms. The predicted octanol–water partition coefficient (Wildman–Crippen LogP) is 3.74. The SMILES string of the molecule is c1cnc(Nc2ccc([C@@H]3CCCCN3Cc3ccncc3)cn2)nc1. The quantitative estimate of drug-likeness (QED) is 0.759. The van der Waals surface area contributed by atoms with E-state index in [2.05, 4.69) is 48.4 Å². The third-order valence-corrected chi connectivity index (χ3v) is 4.73. The molecule has 4 heterocycles. The van der Waals surface area contributed by atoms with Gasteiger partial charge in [-0.1, -0.05) is 12.5 Å². The number of aromatic nitrogens is 4. The Labute approximate surface area is 153 Å². The number of nitrogens with one attached hydrogen (secondary N) is 1. The molecule has 0 aliphatic carbocycles. The number of hydrogen-bond donors (Lipinski definition) is 1. The minimum absolute atomic E-state index is 0.409. The summed E-state index contributed by atoms with van der Waals surface area (Å²) in [7, 11) is 0. The van der Waals surface area contributed by atoms with Crippen LogP contribution in [0.3, 0.4) is 0 Å². The lowest BCUT2D eigenvalue weighted by Crippen LogP contribution is -2.33. The summed E-state index contributed by atoms with van der Waals surface area (Å²) in [6, 6.07) is 10.6. The summed E-state index contributed by atoms with van der Waals surface area (Å²) in [5.41, 5.74) is 2.57. The number of likely N-dealkylation sites (tertiary alicyclic amines) is 1. The van der Waals surface area contributed by atoms with E-state index in [-0.39, 0.29) is 0 Å². The molecule has 0 aromatic carbocycles. The number of pyridine rings is 2. The van der Waals surface area contributed by atoms with E-state index in [1.54, 1.807) is 18.5 Å². The zero-order valence-electron chi connectivity index (χ0n) is 14.6. The highest BCUT2D eigenvalue weighted by atomic mass is 15.2. The third kappa shape index (κ3) is 4.03. The van der Waals surface area contributed by atoms with Crippen LogP contribution < -0.4 is 5.32 Å². The van der Waals surface area contributed by atoms with Crippen LogP contribution in [0.25, 0.3) is 0 Å². The highest BCUT2D eigenvalue weighted by Gasteiger charge is 2.24. The molecule has 6 nitrogen and oxygen atoms in total. The molecule has 0 bridgehead atoms. The van der Waals surface area contributed by atoms with Crippen LogP contribution in [0.4, 0.5) is 11.8 Å². The van der Waals surface area contributed by atoms with Gasteiger partial charge in [0.1, 0.15) is 5.82 Å². The van der Waals surface area contributed by atoms with Crippen molar-refractivity contribution in [2.24, 2.45) is 0 Å². The van der Waals surface area contributed by atoms with Crippen molar-refractivity contribution in [2.45, 2.75) is 31.8 Å². The van der Waals surface area contributed by atoms with Gasteiger partial charge in [0, 0.05) is 43.6 Å². The Morgan fingerprint density at radius 1 is 0.962 bits per heavy atom. The number of hydrogen-bond acceptors (Lipinski definition) is 6. The second kappa shape index (κ2) is 8.01. The van der Waals surface area contributed by atoms with E-state index in [9.17, 15) is 0 Å². The van der Waals surface area contributed by atoms with Gasteiger partial charge in [-0.15, -0.1) is 0 Å². The standard InChI is InChI=1S/C20H22N6/c1-2-13-26(15-16-7-11-21-12-8-16)18(4-1)17-5-6-19(24-14-17)25-20-22-9-3-10-23-20/h3,5-12,14,18H,1-2,4,13,15H2,(H,22,23,24,25)/t18-/m0/s1. The molecule has 132 valence electrons. The first-order valence-corrected chi connectivity index (χ1v) is 9.01.